The summed E-state index contributed by atoms with van der Waals surface area (Å²) in [7, 11) is 0. The molecule has 0 amide bonds. The van der Waals surface area contributed by atoms with Crippen LogP contribution >= 0.6 is 0 Å². The number of carbonyl (C=O) groups excluding carboxylic acids is 1. The average molecular weight is 194 g/mol. The lowest BCUT2D eigenvalue weighted by atomic mass is 9.42. The Bertz CT molecular complexity index is 307. The van der Waals surface area contributed by atoms with Gasteiger partial charge in [-0.2, -0.15) is 0 Å². The highest BCUT2D eigenvalue weighted by atomic mass is 16.6. The molecule has 78 valence electrons. The maximum atomic E-state index is 11.4. The van der Waals surface area contributed by atoms with Crippen molar-refractivity contribution in [2.75, 3.05) is 0 Å². The number of esters is 1. The molecular weight excluding hydrogens is 176 g/mol. The van der Waals surface area contributed by atoms with Crippen LogP contribution in [0.2, 0.25) is 0 Å². The van der Waals surface area contributed by atoms with E-state index in [1.165, 1.54) is 12.8 Å². The van der Waals surface area contributed by atoms with Gasteiger partial charge in [-0.1, -0.05) is 13.8 Å². The van der Waals surface area contributed by atoms with Gasteiger partial charge in [0, 0.05) is 11.8 Å². The largest absolute Gasteiger partial charge is 0.459 e. The third-order valence-corrected chi connectivity index (χ3v) is 5.29. The van der Waals surface area contributed by atoms with E-state index in [0.29, 0.717) is 23.7 Å². The molecule has 0 N–H and O–H groups in total. The third kappa shape index (κ3) is 0.768. The van der Waals surface area contributed by atoms with Gasteiger partial charge in [0.15, 0.2) is 0 Å². The minimum Gasteiger partial charge on any atom is -0.459 e. The van der Waals surface area contributed by atoms with Gasteiger partial charge < -0.3 is 4.74 Å². The second kappa shape index (κ2) is 2.17. The summed E-state index contributed by atoms with van der Waals surface area (Å²) >= 11 is 0. The lowest BCUT2D eigenvalue weighted by Gasteiger charge is -2.64. The first-order valence-corrected chi connectivity index (χ1v) is 5.66. The topological polar surface area (TPSA) is 26.3 Å². The zero-order chi connectivity index (χ0) is 10.1. The van der Waals surface area contributed by atoms with Crippen LogP contribution in [0.5, 0.6) is 0 Å². The highest BCUT2D eigenvalue weighted by molar-refractivity contribution is 5.73. The minimum absolute atomic E-state index is 0.0286. The van der Waals surface area contributed by atoms with E-state index in [-0.39, 0.29) is 11.6 Å². The van der Waals surface area contributed by atoms with Crippen molar-refractivity contribution >= 4 is 5.97 Å². The Labute approximate surface area is 85.0 Å². The molecule has 3 saturated carbocycles. The van der Waals surface area contributed by atoms with Crippen LogP contribution in [-0.2, 0) is 9.53 Å². The van der Waals surface area contributed by atoms with Crippen LogP contribution in [0.15, 0.2) is 0 Å². The number of hydrogen-bond donors (Lipinski definition) is 0. The summed E-state index contributed by atoms with van der Waals surface area (Å²) in [6.07, 6.45) is 3.14. The van der Waals surface area contributed by atoms with E-state index < -0.39 is 0 Å². The number of rotatable bonds is 0. The Balaban J connectivity index is 1.98. The quantitative estimate of drug-likeness (QED) is 0.553. The van der Waals surface area contributed by atoms with E-state index in [2.05, 4.69) is 20.8 Å². The molecule has 4 aliphatic rings. The van der Waals surface area contributed by atoms with Crippen LogP contribution in [0, 0.1) is 23.2 Å². The molecule has 1 saturated heterocycles. The molecule has 0 spiro atoms. The van der Waals surface area contributed by atoms with Gasteiger partial charge in [-0.15, -0.1) is 0 Å². The van der Waals surface area contributed by atoms with Crippen molar-refractivity contribution in [2.45, 2.75) is 45.6 Å². The summed E-state index contributed by atoms with van der Waals surface area (Å²) in [5.74, 6) is 1.97. The van der Waals surface area contributed by atoms with Crippen LogP contribution in [-0.4, -0.2) is 11.6 Å². The van der Waals surface area contributed by atoms with Crippen LogP contribution < -0.4 is 0 Å². The molecular formula is C12H18O2. The van der Waals surface area contributed by atoms with Crippen molar-refractivity contribution in [1.82, 2.24) is 0 Å². The van der Waals surface area contributed by atoms with Gasteiger partial charge in [-0.05, 0) is 31.1 Å². The first kappa shape index (κ1) is 8.75. The van der Waals surface area contributed by atoms with E-state index >= 15 is 0 Å². The van der Waals surface area contributed by atoms with Gasteiger partial charge in [-0.25, -0.2) is 0 Å². The lowest BCUT2D eigenvalue weighted by molar-refractivity contribution is -0.214. The van der Waals surface area contributed by atoms with Crippen LogP contribution in [0.3, 0.4) is 0 Å². The monoisotopic (exact) mass is 194 g/mol. The molecule has 14 heavy (non-hydrogen) atoms. The van der Waals surface area contributed by atoms with Gasteiger partial charge >= 0.3 is 5.97 Å². The standard InChI is InChI=1S/C12H18O2/c1-11(2)7-4-8-6-10(13)14-12(8,3)9(11)5-7/h7-9H,4-6H2,1-3H3/t7-,8+,9-,12?/m0/s1. The number of hydrogen-bond acceptors (Lipinski definition) is 2. The Morgan fingerprint density at radius 2 is 1.93 bits per heavy atom. The van der Waals surface area contributed by atoms with E-state index in [1.807, 2.05) is 0 Å². The predicted octanol–water partition coefficient (Wildman–Crippen LogP) is 2.37. The van der Waals surface area contributed by atoms with Crippen molar-refractivity contribution in [3.05, 3.63) is 0 Å². The van der Waals surface area contributed by atoms with Gasteiger partial charge in [0.1, 0.15) is 5.60 Å². The molecule has 2 heteroatoms. The highest BCUT2D eigenvalue weighted by Gasteiger charge is 2.67. The fourth-order valence-corrected chi connectivity index (χ4v) is 4.18. The zero-order valence-corrected chi connectivity index (χ0v) is 9.17. The van der Waals surface area contributed by atoms with Gasteiger partial charge in [0.05, 0.1) is 6.42 Å². The number of ether oxygens (including phenoxy) is 1. The van der Waals surface area contributed by atoms with Crippen molar-refractivity contribution in [2.24, 2.45) is 23.2 Å². The Kier molecular flexibility index (Phi) is 1.36. The summed E-state index contributed by atoms with van der Waals surface area (Å²) < 4.78 is 5.60. The van der Waals surface area contributed by atoms with Crippen molar-refractivity contribution in [3.8, 4) is 0 Å². The van der Waals surface area contributed by atoms with Crippen LogP contribution in [0.1, 0.15) is 40.0 Å². The lowest BCUT2D eigenvalue weighted by Crippen LogP contribution is -2.63. The normalized spacial score (nSPS) is 53.4. The number of carbonyl (C=O) groups is 1. The molecule has 1 aliphatic heterocycles. The summed E-state index contributed by atoms with van der Waals surface area (Å²) in [6.45, 7) is 6.82. The fourth-order valence-electron chi connectivity index (χ4n) is 4.18. The Hall–Kier alpha value is -0.530. The first-order valence-electron chi connectivity index (χ1n) is 5.66. The predicted molar refractivity (Wildman–Crippen MR) is 52.6 cm³/mol. The molecule has 1 heterocycles. The Morgan fingerprint density at radius 1 is 1.21 bits per heavy atom. The Morgan fingerprint density at radius 3 is 2.57 bits per heavy atom. The molecule has 3 aliphatic carbocycles. The highest BCUT2D eigenvalue weighted by Crippen LogP contribution is 2.67. The smallest absolute Gasteiger partial charge is 0.306 e. The van der Waals surface area contributed by atoms with Crippen LogP contribution in [0.25, 0.3) is 0 Å². The fraction of sp³-hybridized carbons (Fsp3) is 0.917. The molecule has 4 fully saturated rings. The SMILES string of the molecule is CC1(C)[C@H]2C[C@@H]3CC(=O)OC3(C)[C@H]1C2. The zero-order valence-electron chi connectivity index (χ0n) is 9.17. The summed E-state index contributed by atoms with van der Waals surface area (Å²) in [6, 6.07) is 0. The molecule has 0 aromatic heterocycles. The van der Waals surface area contributed by atoms with Crippen molar-refractivity contribution in [1.29, 1.82) is 0 Å². The third-order valence-electron chi connectivity index (χ3n) is 5.29. The summed E-state index contributed by atoms with van der Waals surface area (Å²) in [5, 5.41) is 0. The first-order chi connectivity index (χ1) is 6.44. The second-order valence-electron chi connectivity index (χ2n) is 6.10. The van der Waals surface area contributed by atoms with Gasteiger partial charge in [-0.3, -0.25) is 4.79 Å². The second-order valence-corrected chi connectivity index (χ2v) is 6.10. The average Bonchev–Trinajstić information content (AvgIpc) is 2.37. The summed E-state index contributed by atoms with van der Waals surface area (Å²) in [5.41, 5.74) is 0.269. The molecule has 0 radical (unpaired) electrons. The van der Waals surface area contributed by atoms with Crippen LogP contribution in [0.4, 0.5) is 0 Å². The van der Waals surface area contributed by atoms with Gasteiger partial charge in [0.25, 0.3) is 0 Å². The van der Waals surface area contributed by atoms with E-state index in [0.717, 1.165) is 5.92 Å². The van der Waals surface area contributed by atoms with E-state index in [9.17, 15) is 4.79 Å². The molecule has 2 nitrogen and oxygen atoms in total. The molecule has 4 rings (SSSR count). The van der Waals surface area contributed by atoms with Crippen molar-refractivity contribution in [3.63, 3.8) is 0 Å². The molecule has 1 unspecified atom stereocenters. The van der Waals surface area contributed by atoms with E-state index in [1.54, 1.807) is 0 Å². The minimum atomic E-state index is -0.130. The van der Waals surface area contributed by atoms with Crippen molar-refractivity contribution < 1.29 is 9.53 Å². The summed E-state index contributed by atoms with van der Waals surface area (Å²) in [4.78, 5) is 11.4. The maximum Gasteiger partial charge on any atom is 0.306 e. The van der Waals surface area contributed by atoms with E-state index in [4.69, 9.17) is 4.74 Å². The molecule has 4 atom stereocenters. The van der Waals surface area contributed by atoms with Gasteiger partial charge in [0.2, 0.25) is 0 Å². The maximum absolute atomic E-state index is 11.4. The molecule has 2 bridgehead atoms. The molecule has 0 aromatic carbocycles. The molecule has 0 aromatic rings.